The average Bonchev–Trinajstić information content (AvgIpc) is 2.77. The van der Waals surface area contributed by atoms with Crippen molar-refractivity contribution in [1.29, 1.82) is 0 Å². The average molecular weight is 484 g/mol. The zero-order valence-corrected chi connectivity index (χ0v) is 24.5. The minimum absolute atomic E-state index is 0. The van der Waals surface area contributed by atoms with Crippen LogP contribution in [-0.2, 0) is 0 Å². The molecule has 7 heteroatoms. The number of nitrogens with one attached hydrogen (secondary N) is 2. The second-order valence-electron chi connectivity index (χ2n) is 7.79. The number of aryl methyl sites for hydroxylation is 1. The summed E-state index contributed by atoms with van der Waals surface area (Å²) < 4.78 is 1.94. The van der Waals surface area contributed by atoms with Crippen molar-refractivity contribution >= 4 is 35.4 Å². The van der Waals surface area contributed by atoms with Gasteiger partial charge in [0, 0.05) is 23.5 Å². The molecule has 0 saturated heterocycles. The van der Waals surface area contributed by atoms with Crippen molar-refractivity contribution < 1.29 is 60.8 Å². The maximum absolute atomic E-state index is 12.6. The molecule has 0 bridgehead atoms. The minimum atomic E-state index is -0.150. The first kappa shape index (κ1) is 30.0. The molecule has 0 spiro atoms. The van der Waals surface area contributed by atoms with Crippen molar-refractivity contribution in [2.75, 3.05) is 12.4 Å². The summed E-state index contributed by atoms with van der Waals surface area (Å²) in [5.74, 6) is -0.150. The summed E-state index contributed by atoms with van der Waals surface area (Å²) in [6.45, 7) is 12.0. The molecular weight excluding hydrogens is 449 g/mol. The van der Waals surface area contributed by atoms with E-state index in [1.807, 2.05) is 81.6 Å². The molecule has 6 nitrogen and oxygen atoms in total. The van der Waals surface area contributed by atoms with Crippen molar-refractivity contribution in [1.82, 2.24) is 5.32 Å². The van der Waals surface area contributed by atoms with Gasteiger partial charge < -0.3 is 26.4 Å². The van der Waals surface area contributed by atoms with Gasteiger partial charge in [0.15, 0.2) is 0 Å². The van der Waals surface area contributed by atoms with Crippen LogP contribution in [0.5, 0.6) is 0 Å². The van der Waals surface area contributed by atoms with Crippen LogP contribution >= 0.6 is 0 Å². The Morgan fingerprint density at radius 3 is 2.56 bits per heavy atom. The summed E-state index contributed by atoms with van der Waals surface area (Å²) in [5.41, 5.74) is 5.11. The Kier molecular flexibility index (Phi) is 13.9. The van der Waals surface area contributed by atoms with Gasteiger partial charge in [-0.15, -0.1) is 6.20 Å². The fourth-order valence-electron chi connectivity index (χ4n) is 2.99. The maximum atomic E-state index is 12.6. The Balaban J connectivity index is 0.00000137. The van der Waals surface area contributed by atoms with Crippen LogP contribution in [-0.4, -0.2) is 35.7 Å². The summed E-state index contributed by atoms with van der Waals surface area (Å²) in [6, 6.07) is 13.3. The third kappa shape index (κ3) is 9.68. The first-order chi connectivity index (χ1) is 15.9. The Bertz CT molecular complexity index is 1070. The number of aliphatic imine (C=N–C) groups is 2. The van der Waals surface area contributed by atoms with E-state index in [1.54, 1.807) is 18.5 Å². The van der Waals surface area contributed by atoms with Crippen LogP contribution in [0.25, 0.3) is 0 Å². The summed E-state index contributed by atoms with van der Waals surface area (Å²) in [5, 5.41) is 6.14. The first-order valence-electron chi connectivity index (χ1n) is 11.2. The van der Waals surface area contributed by atoms with Crippen LogP contribution < -0.4 is 62.0 Å². The molecule has 0 aliphatic carbocycles. The second kappa shape index (κ2) is 15.8. The molecule has 1 aliphatic heterocycles. The summed E-state index contributed by atoms with van der Waals surface area (Å²) in [4.78, 5) is 21.2. The molecular formula is C27H34KN5O. The van der Waals surface area contributed by atoms with Crippen molar-refractivity contribution in [3.8, 4) is 0 Å². The van der Waals surface area contributed by atoms with E-state index >= 15 is 0 Å². The van der Waals surface area contributed by atoms with E-state index < -0.39 is 0 Å². The van der Waals surface area contributed by atoms with Crippen LogP contribution in [0.3, 0.4) is 0 Å². The Hall–Kier alpha value is -2.03. The number of hydrogen-bond acceptors (Lipinski definition) is 4. The van der Waals surface area contributed by atoms with E-state index in [0.29, 0.717) is 5.56 Å². The normalized spacial score (nSPS) is 14.3. The maximum Gasteiger partial charge on any atom is 1.00 e. The fourth-order valence-corrected chi connectivity index (χ4v) is 2.99. The van der Waals surface area contributed by atoms with Crippen molar-refractivity contribution in [3.05, 3.63) is 78.1 Å². The smallest absolute Gasteiger partial charge is 0.560 e. The molecule has 2 aromatic carbocycles. The molecule has 174 valence electrons. The van der Waals surface area contributed by atoms with Crippen LogP contribution in [0.4, 0.5) is 11.4 Å². The molecule has 1 heterocycles. The molecule has 34 heavy (non-hydrogen) atoms. The molecule has 3 rings (SSSR count). The molecule has 0 radical (unpaired) electrons. The molecule has 0 fully saturated rings. The molecule has 1 aliphatic rings. The van der Waals surface area contributed by atoms with Crippen LogP contribution in [0.1, 0.15) is 61.6 Å². The Morgan fingerprint density at radius 2 is 1.94 bits per heavy atom. The number of carbonyl (C=O) groups is 1. The number of amides is 1. The molecule has 1 unspecified atom stereocenters. The number of rotatable bonds is 7. The minimum Gasteiger partial charge on any atom is -0.560 e. The zero-order valence-electron chi connectivity index (χ0n) is 21.4. The van der Waals surface area contributed by atoms with E-state index in [0.717, 1.165) is 28.2 Å². The first-order valence-corrected chi connectivity index (χ1v) is 11.2. The van der Waals surface area contributed by atoms with Crippen LogP contribution in [0.15, 0.2) is 58.6 Å². The number of hydrogen-bond donors (Lipinski definition) is 2. The molecule has 0 aromatic heterocycles. The SMILES string of the molecule is CC=Nc1ccc(C(=O)Nc2cccc(C(C)N[C-]=CN=C3C=[N+](C)[CH-]3)c2)cc1C.CCC.[K+]. The Labute approximate surface area is 246 Å². The third-order valence-electron chi connectivity index (χ3n) is 4.62. The van der Waals surface area contributed by atoms with Crippen molar-refractivity contribution in [2.45, 2.75) is 47.1 Å². The van der Waals surface area contributed by atoms with Gasteiger partial charge in [-0.05, 0) is 62.2 Å². The van der Waals surface area contributed by atoms with Gasteiger partial charge in [-0.25, -0.2) is 0 Å². The quantitative estimate of drug-likeness (QED) is 0.209. The van der Waals surface area contributed by atoms with E-state index in [2.05, 4.69) is 40.7 Å². The van der Waals surface area contributed by atoms with Gasteiger partial charge in [-0.2, -0.15) is 0 Å². The fraction of sp³-hybridized carbons (Fsp3) is 0.296. The van der Waals surface area contributed by atoms with Gasteiger partial charge in [0.1, 0.15) is 7.05 Å². The second-order valence-corrected chi connectivity index (χ2v) is 7.79. The number of benzene rings is 2. The predicted molar refractivity (Wildman–Crippen MR) is 139 cm³/mol. The van der Waals surface area contributed by atoms with Gasteiger partial charge in [0.25, 0.3) is 5.91 Å². The monoisotopic (exact) mass is 483 g/mol. The van der Waals surface area contributed by atoms with Gasteiger partial charge in [0.05, 0.1) is 24.2 Å². The van der Waals surface area contributed by atoms with Gasteiger partial charge >= 0.3 is 51.4 Å². The molecule has 2 N–H and O–H groups in total. The largest absolute Gasteiger partial charge is 1.00 e. The third-order valence-corrected chi connectivity index (χ3v) is 4.62. The topological polar surface area (TPSA) is 68.9 Å². The molecule has 1 atom stereocenters. The van der Waals surface area contributed by atoms with Gasteiger partial charge in [-0.1, -0.05) is 32.4 Å². The van der Waals surface area contributed by atoms with Crippen molar-refractivity contribution in [2.24, 2.45) is 9.98 Å². The number of nitrogens with zero attached hydrogens (tertiary/aromatic N) is 3. The van der Waals surface area contributed by atoms with Gasteiger partial charge in [-0.3, -0.25) is 9.79 Å². The van der Waals surface area contributed by atoms with Crippen LogP contribution in [0, 0.1) is 19.7 Å². The standard InChI is InChI=1S/C24H26N5O.C3H8.K/c1-5-25-23-10-9-20(13-17(23)2)24(30)28-21-8-6-7-19(14-21)18(3)26-11-12-27-22-15-29(4)16-22;1-3-2;/h5-10,12-16,18,26H,1-4H3,(H,28,30);3H2,1-2H3;/q-1;;+1. The molecule has 1 amide bonds. The summed E-state index contributed by atoms with van der Waals surface area (Å²) in [7, 11) is 1.95. The van der Waals surface area contributed by atoms with E-state index in [-0.39, 0.29) is 63.3 Å². The Morgan fingerprint density at radius 1 is 1.24 bits per heavy atom. The van der Waals surface area contributed by atoms with Crippen LogP contribution in [0.2, 0.25) is 0 Å². The van der Waals surface area contributed by atoms with E-state index in [4.69, 9.17) is 0 Å². The predicted octanol–water partition coefficient (Wildman–Crippen LogP) is 2.64. The van der Waals surface area contributed by atoms with E-state index in [9.17, 15) is 4.79 Å². The van der Waals surface area contributed by atoms with Gasteiger partial charge in [0.2, 0.25) is 0 Å². The number of anilines is 1. The molecule has 0 saturated carbocycles. The van der Waals surface area contributed by atoms with E-state index in [1.165, 1.54) is 6.42 Å². The van der Waals surface area contributed by atoms with Crippen molar-refractivity contribution in [3.63, 3.8) is 0 Å². The summed E-state index contributed by atoms with van der Waals surface area (Å²) in [6.07, 6.45) is 9.52. The number of carbonyl (C=O) groups excluding carboxylic acids is 1. The molecule has 2 aromatic rings. The summed E-state index contributed by atoms with van der Waals surface area (Å²) >= 11 is 0. The zero-order chi connectivity index (χ0) is 24.2.